The third kappa shape index (κ3) is 8.05. The van der Waals surface area contributed by atoms with E-state index in [9.17, 15) is 0 Å². The summed E-state index contributed by atoms with van der Waals surface area (Å²) in [6.07, 6.45) is 12.4. The molecule has 0 rings (SSSR count). The number of hydrogen-bond acceptors (Lipinski definition) is 0. The molecule has 0 bridgehead atoms. The van der Waals surface area contributed by atoms with E-state index >= 15 is 0 Å². The molecule has 0 heterocycles. The van der Waals surface area contributed by atoms with E-state index in [1.165, 1.54) is 11.1 Å². The Hall–Kier alpha value is -1.30. The van der Waals surface area contributed by atoms with E-state index < -0.39 is 0 Å². The minimum absolute atomic E-state index is 1.05. The van der Waals surface area contributed by atoms with E-state index in [2.05, 4.69) is 31.7 Å². The van der Waals surface area contributed by atoms with Crippen molar-refractivity contribution in [1.82, 2.24) is 0 Å². The zero-order chi connectivity index (χ0) is 13.0. The average molecular weight is 218 g/mol. The van der Waals surface area contributed by atoms with Crippen molar-refractivity contribution < 1.29 is 0 Å². The second-order valence-corrected chi connectivity index (χ2v) is 3.16. The molecule has 0 aromatic heterocycles. The summed E-state index contributed by atoms with van der Waals surface area (Å²) < 4.78 is 0. The Morgan fingerprint density at radius 2 is 1.44 bits per heavy atom. The molecular formula is C16H26. The van der Waals surface area contributed by atoms with Crippen LogP contribution in [0.2, 0.25) is 0 Å². The molecule has 0 aliphatic rings. The Morgan fingerprint density at radius 3 is 1.81 bits per heavy atom. The van der Waals surface area contributed by atoms with Gasteiger partial charge in [-0.2, -0.15) is 0 Å². The standard InChI is InChI=1S/C14H20.C2H6/c1-6-9-13(5)14(10-7-2)11-12(4)8-3;1-2/h6-11H,5H2,1-4H3;1-2H3/b9-6-,10-7-,12-8-,14-11-;. The second kappa shape index (κ2) is 11.8. The minimum atomic E-state index is 1.05. The fourth-order valence-corrected chi connectivity index (χ4v) is 1.05. The molecule has 0 N–H and O–H groups in total. The molecular weight excluding hydrogens is 192 g/mol. The van der Waals surface area contributed by atoms with Gasteiger partial charge in [0.25, 0.3) is 0 Å². The van der Waals surface area contributed by atoms with Gasteiger partial charge in [-0.25, -0.2) is 0 Å². The Labute approximate surface area is 102 Å². The van der Waals surface area contributed by atoms with Crippen molar-refractivity contribution in [2.75, 3.05) is 0 Å². The lowest BCUT2D eigenvalue weighted by Gasteiger charge is -2.02. The molecule has 0 aromatic rings. The van der Waals surface area contributed by atoms with Gasteiger partial charge in [-0.15, -0.1) is 0 Å². The molecule has 0 aliphatic heterocycles. The van der Waals surface area contributed by atoms with Crippen LogP contribution in [-0.4, -0.2) is 0 Å². The molecule has 0 saturated carbocycles. The van der Waals surface area contributed by atoms with Crippen LogP contribution < -0.4 is 0 Å². The average Bonchev–Trinajstić information content (AvgIpc) is 2.31. The Bertz CT molecular complexity index is 296. The maximum Gasteiger partial charge on any atom is -0.0191 e. The Kier molecular flexibility index (Phi) is 12.6. The first kappa shape index (κ1) is 17.1. The highest BCUT2D eigenvalue weighted by molar-refractivity contribution is 5.47. The highest BCUT2D eigenvalue weighted by Crippen LogP contribution is 2.14. The minimum Gasteiger partial charge on any atom is -0.0912 e. The summed E-state index contributed by atoms with van der Waals surface area (Å²) in [6.45, 7) is 16.2. The van der Waals surface area contributed by atoms with Crippen LogP contribution in [-0.2, 0) is 0 Å². The van der Waals surface area contributed by atoms with Crippen molar-refractivity contribution in [3.8, 4) is 0 Å². The molecule has 0 radical (unpaired) electrons. The lowest BCUT2D eigenvalue weighted by molar-refractivity contribution is 1.42. The molecule has 90 valence electrons. The van der Waals surface area contributed by atoms with Gasteiger partial charge in [0.05, 0.1) is 0 Å². The number of rotatable bonds is 4. The highest BCUT2D eigenvalue weighted by Gasteiger charge is 1.94. The lowest BCUT2D eigenvalue weighted by atomic mass is 10.0. The van der Waals surface area contributed by atoms with Crippen molar-refractivity contribution in [3.05, 3.63) is 59.8 Å². The summed E-state index contributed by atoms with van der Waals surface area (Å²) in [6, 6.07) is 0. The second-order valence-electron chi connectivity index (χ2n) is 3.16. The molecule has 0 atom stereocenters. The van der Waals surface area contributed by atoms with Crippen molar-refractivity contribution in [2.45, 2.75) is 41.5 Å². The van der Waals surface area contributed by atoms with E-state index in [1.54, 1.807) is 0 Å². The van der Waals surface area contributed by atoms with Crippen LogP contribution in [0.15, 0.2) is 59.8 Å². The Balaban J connectivity index is 0. The largest absolute Gasteiger partial charge is 0.0912 e. The zero-order valence-electron chi connectivity index (χ0n) is 11.7. The molecule has 0 spiro atoms. The molecule has 16 heavy (non-hydrogen) atoms. The summed E-state index contributed by atoms with van der Waals surface area (Å²) in [5.74, 6) is 0. The van der Waals surface area contributed by atoms with Gasteiger partial charge in [0.2, 0.25) is 0 Å². The summed E-state index contributed by atoms with van der Waals surface area (Å²) in [5.41, 5.74) is 3.47. The van der Waals surface area contributed by atoms with Crippen LogP contribution in [0.5, 0.6) is 0 Å². The highest BCUT2D eigenvalue weighted by atomic mass is 14.0. The number of allylic oxidation sites excluding steroid dienone is 9. The third-order valence-electron chi connectivity index (χ3n) is 1.92. The summed E-state index contributed by atoms with van der Waals surface area (Å²) in [5, 5.41) is 0. The molecule has 0 fully saturated rings. The van der Waals surface area contributed by atoms with Gasteiger partial charge in [-0.3, -0.25) is 0 Å². The SMILES string of the molecule is C=C(/C=C\C)C(/C=C\C)=C\C(C)=C/C.CC. The van der Waals surface area contributed by atoms with Crippen LogP contribution in [0.4, 0.5) is 0 Å². The smallest absolute Gasteiger partial charge is 0.0191 e. The topological polar surface area (TPSA) is 0 Å². The maximum absolute atomic E-state index is 4.02. The van der Waals surface area contributed by atoms with Crippen molar-refractivity contribution in [1.29, 1.82) is 0 Å². The fourth-order valence-electron chi connectivity index (χ4n) is 1.05. The van der Waals surface area contributed by atoms with Crippen LogP contribution >= 0.6 is 0 Å². The van der Waals surface area contributed by atoms with Crippen LogP contribution in [0.3, 0.4) is 0 Å². The lowest BCUT2D eigenvalue weighted by Crippen LogP contribution is -1.82. The first-order chi connectivity index (χ1) is 7.65. The monoisotopic (exact) mass is 218 g/mol. The normalized spacial score (nSPS) is 12.9. The molecule has 0 saturated heterocycles. The van der Waals surface area contributed by atoms with Crippen LogP contribution in [0.1, 0.15) is 41.5 Å². The first-order valence-electron chi connectivity index (χ1n) is 5.95. The van der Waals surface area contributed by atoms with Gasteiger partial charge >= 0.3 is 0 Å². The molecule has 0 unspecified atom stereocenters. The summed E-state index contributed by atoms with van der Waals surface area (Å²) >= 11 is 0. The van der Waals surface area contributed by atoms with Crippen molar-refractivity contribution in [2.24, 2.45) is 0 Å². The first-order valence-corrected chi connectivity index (χ1v) is 5.95. The van der Waals surface area contributed by atoms with Gasteiger partial charge in [0.1, 0.15) is 0 Å². The summed E-state index contributed by atoms with van der Waals surface area (Å²) in [4.78, 5) is 0. The number of hydrogen-bond donors (Lipinski definition) is 0. The molecule has 0 aromatic carbocycles. The van der Waals surface area contributed by atoms with Crippen LogP contribution in [0, 0.1) is 0 Å². The zero-order valence-corrected chi connectivity index (χ0v) is 11.7. The Morgan fingerprint density at radius 1 is 0.938 bits per heavy atom. The van der Waals surface area contributed by atoms with E-state index in [-0.39, 0.29) is 0 Å². The van der Waals surface area contributed by atoms with Gasteiger partial charge in [0.15, 0.2) is 0 Å². The van der Waals surface area contributed by atoms with Crippen molar-refractivity contribution in [3.63, 3.8) is 0 Å². The molecule has 0 heteroatoms. The quantitative estimate of drug-likeness (QED) is 0.538. The predicted octanol–water partition coefficient (Wildman–Crippen LogP) is 5.61. The van der Waals surface area contributed by atoms with E-state index in [4.69, 9.17) is 0 Å². The van der Waals surface area contributed by atoms with Crippen LogP contribution in [0.25, 0.3) is 0 Å². The molecule has 0 aliphatic carbocycles. The predicted molar refractivity (Wildman–Crippen MR) is 77.6 cm³/mol. The molecule has 0 nitrogen and oxygen atoms in total. The maximum atomic E-state index is 4.02. The van der Waals surface area contributed by atoms with E-state index in [1.807, 2.05) is 52.8 Å². The van der Waals surface area contributed by atoms with Gasteiger partial charge in [-0.05, 0) is 38.8 Å². The molecule has 0 amide bonds. The third-order valence-corrected chi connectivity index (χ3v) is 1.92. The van der Waals surface area contributed by atoms with E-state index in [0.29, 0.717) is 0 Å². The van der Waals surface area contributed by atoms with Gasteiger partial charge in [-0.1, -0.05) is 62.5 Å². The van der Waals surface area contributed by atoms with E-state index in [0.717, 1.165) is 5.57 Å². The van der Waals surface area contributed by atoms with Crippen molar-refractivity contribution >= 4 is 0 Å². The van der Waals surface area contributed by atoms with Gasteiger partial charge < -0.3 is 0 Å². The van der Waals surface area contributed by atoms with Gasteiger partial charge in [0, 0.05) is 0 Å². The fraction of sp³-hybridized carbons (Fsp3) is 0.375. The summed E-state index contributed by atoms with van der Waals surface area (Å²) in [7, 11) is 0.